The van der Waals surface area contributed by atoms with Crippen molar-refractivity contribution in [2.75, 3.05) is 37.7 Å². The first-order valence-corrected chi connectivity index (χ1v) is 6.39. The highest BCUT2D eigenvalue weighted by atomic mass is 16.5. The molecule has 0 aliphatic carbocycles. The maximum Gasteiger partial charge on any atom is 0.128 e. The summed E-state index contributed by atoms with van der Waals surface area (Å²) in [5.41, 5.74) is 1.11. The molecule has 1 aromatic rings. The summed E-state index contributed by atoms with van der Waals surface area (Å²) in [6.45, 7) is 7.58. The van der Waals surface area contributed by atoms with E-state index >= 15 is 0 Å². The lowest BCUT2D eigenvalue weighted by Crippen LogP contribution is -2.27. The first-order chi connectivity index (χ1) is 8.40. The van der Waals surface area contributed by atoms with Gasteiger partial charge in [0, 0.05) is 26.2 Å². The molecule has 1 N–H and O–H groups in total. The van der Waals surface area contributed by atoms with Gasteiger partial charge in [0.15, 0.2) is 0 Å². The first kappa shape index (κ1) is 12.3. The van der Waals surface area contributed by atoms with Crippen LogP contribution in [0, 0.1) is 0 Å². The van der Waals surface area contributed by atoms with Gasteiger partial charge in [0.05, 0.1) is 12.3 Å². The predicted octanol–water partition coefficient (Wildman–Crippen LogP) is 1.42. The van der Waals surface area contributed by atoms with E-state index < -0.39 is 0 Å². The van der Waals surface area contributed by atoms with Crippen molar-refractivity contribution in [2.45, 2.75) is 19.9 Å². The first-order valence-electron chi connectivity index (χ1n) is 6.39. The number of nitrogens with zero attached hydrogens (tertiary/aromatic N) is 2. The monoisotopic (exact) mass is 235 g/mol. The Morgan fingerprint density at radius 2 is 2.29 bits per heavy atom. The zero-order valence-corrected chi connectivity index (χ0v) is 10.5. The van der Waals surface area contributed by atoms with Gasteiger partial charge in [0.25, 0.3) is 0 Å². The summed E-state index contributed by atoms with van der Waals surface area (Å²) < 4.78 is 5.46. The van der Waals surface area contributed by atoms with Gasteiger partial charge >= 0.3 is 0 Å². The predicted molar refractivity (Wildman–Crippen MR) is 69.3 cm³/mol. The number of hydrogen-bond acceptors (Lipinski definition) is 4. The second-order valence-electron chi connectivity index (χ2n) is 4.22. The van der Waals surface area contributed by atoms with Crippen LogP contribution in [0.2, 0.25) is 0 Å². The summed E-state index contributed by atoms with van der Waals surface area (Å²) in [6.07, 6.45) is 1.08. The minimum Gasteiger partial charge on any atom is -0.380 e. The van der Waals surface area contributed by atoms with Crippen LogP contribution in [0.3, 0.4) is 0 Å². The van der Waals surface area contributed by atoms with Crippen LogP contribution in [0.1, 0.15) is 19.0 Å². The molecule has 1 aliphatic rings. The molecule has 4 nitrogen and oxygen atoms in total. The lowest BCUT2D eigenvalue weighted by Gasteiger charge is -2.21. The number of anilines is 1. The molecule has 2 rings (SSSR count). The summed E-state index contributed by atoms with van der Waals surface area (Å²) in [4.78, 5) is 6.99. The maximum absolute atomic E-state index is 5.46. The lowest BCUT2D eigenvalue weighted by molar-refractivity contribution is 0.152. The Hall–Kier alpha value is -1.13. The fourth-order valence-corrected chi connectivity index (χ4v) is 1.97. The quantitative estimate of drug-likeness (QED) is 0.856. The molecule has 2 heterocycles. The summed E-state index contributed by atoms with van der Waals surface area (Å²) in [5, 5.41) is 3.30. The van der Waals surface area contributed by atoms with Gasteiger partial charge in [0.2, 0.25) is 0 Å². The van der Waals surface area contributed by atoms with Gasteiger partial charge in [-0.3, -0.25) is 0 Å². The van der Waals surface area contributed by atoms with Gasteiger partial charge in [-0.15, -0.1) is 0 Å². The largest absolute Gasteiger partial charge is 0.380 e. The second-order valence-corrected chi connectivity index (χ2v) is 4.22. The Labute approximate surface area is 103 Å². The molecule has 94 valence electrons. The summed E-state index contributed by atoms with van der Waals surface area (Å²) in [7, 11) is 0. The molecule has 0 atom stereocenters. The van der Waals surface area contributed by atoms with E-state index in [9.17, 15) is 0 Å². The van der Waals surface area contributed by atoms with Crippen molar-refractivity contribution in [3.63, 3.8) is 0 Å². The second kappa shape index (κ2) is 6.57. The smallest absolute Gasteiger partial charge is 0.128 e. The Bertz CT molecular complexity index is 335. The topological polar surface area (TPSA) is 37.4 Å². The third-order valence-corrected chi connectivity index (χ3v) is 2.89. The van der Waals surface area contributed by atoms with Crippen LogP contribution in [-0.4, -0.2) is 37.8 Å². The fourth-order valence-electron chi connectivity index (χ4n) is 1.97. The van der Waals surface area contributed by atoms with Gasteiger partial charge in [-0.1, -0.05) is 13.0 Å². The number of rotatable bonds is 4. The third-order valence-electron chi connectivity index (χ3n) is 2.89. The van der Waals surface area contributed by atoms with Crippen LogP contribution in [0.15, 0.2) is 18.2 Å². The van der Waals surface area contributed by atoms with Crippen molar-refractivity contribution in [3.8, 4) is 0 Å². The molecule has 0 bridgehead atoms. The summed E-state index contributed by atoms with van der Waals surface area (Å²) in [5.74, 6) is 1.07. The fraction of sp³-hybridized carbons (Fsp3) is 0.615. The van der Waals surface area contributed by atoms with Crippen LogP contribution < -0.4 is 10.2 Å². The van der Waals surface area contributed by atoms with Crippen LogP contribution in [0.4, 0.5) is 5.82 Å². The molecule has 1 aromatic heterocycles. The molecule has 1 aliphatic heterocycles. The normalized spacial score (nSPS) is 16.9. The Kier molecular flexibility index (Phi) is 4.76. The van der Waals surface area contributed by atoms with E-state index in [1.807, 2.05) is 0 Å². The number of ether oxygens (including phenoxy) is 1. The van der Waals surface area contributed by atoms with Crippen molar-refractivity contribution >= 4 is 5.82 Å². The Morgan fingerprint density at radius 1 is 1.35 bits per heavy atom. The van der Waals surface area contributed by atoms with E-state index in [-0.39, 0.29) is 0 Å². The van der Waals surface area contributed by atoms with Gasteiger partial charge in [-0.25, -0.2) is 4.98 Å². The molecule has 0 spiro atoms. The van der Waals surface area contributed by atoms with Crippen molar-refractivity contribution < 1.29 is 4.74 Å². The van der Waals surface area contributed by atoms with Crippen LogP contribution >= 0.6 is 0 Å². The molecule has 17 heavy (non-hydrogen) atoms. The summed E-state index contributed by atoms with van der Waals surface area (Å²) in [6, 6.07) is 6.24. The van der Waals surface area contributed by atoms with Crippen molar-refractivity contribution in [1.82, 2.24) is 10.3 Å². The molecule has 4 heteroatoms. The maximum atomic E-state index is 5.46. The van der Waals surface area contributed by atoms with E-state index in [0.717, 1.165) is 57.3 Å². The summed E-state index contributed by atoms with van der Waals surface area (Å²) >= 11 is 0. The highest BCUT2D eigenvalue weighted by Crippen LogP contribution is 2.13. The SMILES string of the molecule is CCNCc1cccc(N2CCCOCC2)n1. The van der Waals surface area contributed by atoms with Gasteiger partial charge in [-0.05, 0) is 25.1 Å². The van der Waals surface area contributed by atoms with Crippen molar-refractivity contribution in [1.29, 1.82) is 0 Å². The lowest BCUT2D eigenvalue weighted by atomic mass is 10.3. The number of nitrogens with one attached hydrogen (secondary N) is 1. The highest BCUT2D eigenvalue weighted by Gasteiger charge is 2.11. The molecule has 1 saturated heterocycles. The van der Waals surface area contributed by atoms with E-state index in [0.29, 0.717) is 0 Å². The molecule has 0 saturated carbocycles. The van der Waals surface area contributed by atoms with E-state index in [2.05, 4.69) is 40.3 Å². The molecular formula is C13H21N3O. The van der Waals surface area contributed by atoms with E-state index in [1.54, 1.807) is 0 Å². The average molecular weight is 235 g/mol. The minimum atomic E-state index is 0.805. The van der Waals surface area contributed by atoms with Gasteiger partial charge < -0.3 is 15.0 Å². The van der Waals surface area contributed by atoms with Crippen LogP contribution in [0.25, 0.3) is 0 Å². The molecule has 0 radical (unpaired) electrons. The standard InChI is InChI=1S/C13H21N3O/c1-2-14-11-12-5-3-6-13(15-12)16-7-4-9-17-10-8-16/h3,5-6,14H,2,4,7-11H2,1H3. The molecule has 1 fully saturated rings. The highest BCUT2D eigenvalue weighted by molar-refractivity contribution is 5.39. The number of pyridine rings is 1. The third kappa shape index (κ3) is 3.68. The van der Waals surface area contributed by atoms with E-state index in [4.69, 9.17) is 4.74 Å². The van der Waals surface area contributed by atoms with Crippen molar-refractivity contribution in [3.05, 3.63) is 23.9 Å². The van der Waals surface area contributed by atoms with Gasteiger partial charge in [-0.2, -0.15) is 0 Å². The molecular weight excluding hydrogens is 214 g/mol. The Balaban J connectivity index is 2.03. The molecule has 0 aromatic carbocycles. The zero-order valence-electron chi connectivity index (χ0n) is 10.5. The molecule has 0 unspecified atom stereocenters. The van der Waals surface area contributed by atoms with Gasteiger partial charge in [0.1, 0.15) is 5.82 Å². The van der Waals surface area contributed by atoms with E-state index in [1.165, 1.54) is 0 Å². The average Bonchev–Trinajstić information content (AvgIpc) is 2.65. The Morgan fingerprint density at radius 3 is 3.18 bits per heavy atom. The van der Waals surface area contributed by atoms with Crippen LogP contribution in [0.5, 0.6) is 0 Å². The minimum absolute atomic E-state index is 0.805. The van der Waals surface area contributed by atoms with Crippen molar-refractivity contribution in [2.24, 2.45) is 0 Å². The van der Waals surface area contributed by atoms with Crippen LogP contribution in [-0.2, 0) is 11.3 Å². The number of hydrogen-bond donors (Lipinski definition) is 1. The number of aromatic nitrogens is 1. The zero-order chi connectivity index (χ0) is 11.9. The molecule has 0 amide bonds.